The van der Waals surface area contributed by atoms with Crippen molar-refractivity contribution in [2.75, 3.05) is 19.1 Å². The van der Waals surface area contributed by atoms with E-state index in [9.17, 15) is 5.26 Å². The highest BCUT2D eigenvalue weighted by atomic mass is 79.9. The molecule has 0 bridgehead atoms. The van der Waals surface area contributed by atoms with Crippen LogP contribution in [0.25, 0.3) is 0 Å². The number of pyridine rings is 1. The molecule has 3 rings (SSSR count). The maximum atomic E-state index is 9.57. The molecule has 1 aromatic heterocycles. The van der Waals surface area contributed by atoms with E-state index in [1.807, 2.05) is 38.1 Å². The van der Waals surface area contributed by atoms with Crippen LogP contribution in [0.1, 0.15) is 34.9 Å². The third kappa shape index (κ3) is 7.09. The van der Waals surface area contributed by atoms with Crippen LogP contribution in [0.2, 0.25) is 10.0 Å². The van der Waals surface area contributed by atoms with Gasteiger partial charge < -0.3 is 14.2 Å². The number of nitriles is 1. The molecule has 0 spiro atoms. The zero-order valence-corrected chi connectivity index (χ0v) is 22.5. The fourth-order valence-corrected chi connectivity index (χ4v) is 4.13. The lowest BCUT2D eigenvalue weighted by Crippen LogP contribution is -2.04. The highest BCUT2D eigenvalue weighted by Gasteiger charge is 2.14. The van der Waals surface area contributed by atoms with Crippen molar-refractivity contribution in [1.82, 2.24) is 4.98 Å². The number of benzene rings is 2. The third-order valence-corrected chi connectivity index (χ3v) is 6.05. The van der Waals surface area contributed by atoms with Crippen LogP contribution in [-0.4, -0.2) is 24.9 Å². The third-order valence-electron chi connectivity index (χ3n) is 4.72. The highest BCUT2D eigenvalue weighted by molar-refractivity contribution is 9.10. The van der Waals surface area contributed by atoms with Gasteiger partial charge in [0.2, 0.25) is 0 Å². The van der Waals surface area contributed by atoms with Crippen LogP contribution in [0.3, 0.4) is 0 Å². The van der Waals surface area contributed by atoms with Crippen molar-refractivity contribution in [3.63, 3.8) is 0 Å². The van der Waals surface area contributed by atoms with Gasteiger partial charge in [-0.15, -0.1) is 0 Å². The van der Waals surface area contributed by atoms with Crippen LogP contribution in [0, 0.1) is 18.3 Å². The van der Waals surface area contributed by atoms with Crippen molar-refractivity contribution in [2.24, 2.45) is 5.10 Å². The maximum Gasteiger partial charge on any atom is 0.175 e. The zero-order valence-electron chi connectivity index (χ0n) is 19.4. The molecule has 2 aromatic carbocycles. The molecule has 0 aliphatic rings. The Bertz CT molecular complexity index is 1280. The second-order valence-electron chi connectivity index (χ2n) is 7.36. The Balaban J connectivity index is 1.81. The van der Waals surface area contributed by atoms with Gasteiger partial charge in [0.25, 0.3) is 0 Å². The first kappa shape index (κ1) is 26.8. The standard InChI is InChI=1S/C25H23BrCl2N4O3/c1-4-34-23-10-17(8-20(26)24(23)35-13-16-5-6-21(27)22(28)9-16)12-30-32-25-19(11-29)18(14-33-3)7-15(2)31-25/h5-10,12H,4,13-14H2,1-3H3,(H,31,32)/b30-12-. The lowest BCUT2D eigenvalue weighted by Gasteiger charge is -2.15. The molecule has 0 atom stereocenters. The number of hydrogen-bond donors (Lipinski definition) is 1. The molecule has 7 nitrogen and oxygen atoms in total. The van der Waals surface area contributed by atoms with Gasteiger partial charge in [-0.05, 0) is 71.2 Å². The van der Waals surface area contributed by atoms with Crippen molar-refractivity contribution >= 4 is 51.2 Å². The van der Waals surface area contributed by atoms with Gasteiger partial charge in [0.1, 0.15) is 18.2 Å². The van der Waals surface area contributed by atoms with Gasteiger partial charge in [-0.3, -0.25) is 5.43 Å². The van der Waals surface area contributed by atoms with Gasteiger partial charge in [0.05, 0.1) is 33.9 Å². The summed E-state index contributed by atoms with van der Waals surface area (Å²) >= 11 is 15.7. The SMILES string of the molecule is CCOc1cc(/C=N\Nc2nc(C)cc(COC)c2C#N)cc(Br)c1OCc1ccc(Cl)c(Cl)c1. The van der Waals surface area contributed by atoms with E-state index in [4.69, 9.17) is 37.4 Å². The average Bonchev–Trinajstić information content (AvgIpc) is 2.81. The summed E-state index contributed by atoms with van der Waals surface area (Å²) < 4.78 is 17.7. The molecule has 10 heteroatoms. The van der Waals surface area contributed by atoms with Gasteiger partial charge in [0.15, 0.2) is 17.3 Å². The number of aromatic nitrogens is 1. The number of halogens is 3. The van der Waals surface area contributed by atoms with Crippen LogP contribution >= 0.6 is 39.1 Å². The number of anilines is 1. The highest BCUT2D eigenvalue weighted by Crippen LogP contribution is 2.37. The van der Waals surface area contributed by atoms with E-state index in [0.717, 1.165) is 22.4 Å². The van der Waals surface area contributed by atoms with Gasteiger partial charge in [-0.25, -0.2) is 4.98 Å². The minimum absolute atomic E-state index is 0.282. The second kappa shape index (κ2) is 12.8. The Hall–Kier alpha value is -2.83. The molecule has 0 radical (unpaired) electrons. The minimum Gasteiger partial charge on any atom is -0.490 e. The molecule has 0 unspecified atom stereocenters. The molecular formula is C25H23BrCl2N4O3. The number of ether oxygens (including phenoxy) is 3. The van der Waals surface area contributed by atoms with E-state index >= 15 is 0 Å². The van der Waals surface area contributed by atoms with E-state index in [1.54, 1.807) is 25.5 Å². The number of hydrogen-bond acceptors (Lipinski definition) is 7. The smallest absolute Gasteiger partial charge is 0.175 e. The van der Waals surface area contributed by atoms with Crippen molar-refractivity contribution in [2.45, 2.75) is 27.1 Å². The number of nitrogens with one attached hydrogen (secondary N) is 1. The predicted octanol–water partition coefficient (Wildman–Crippen LogP) is 6.90. The first-order valence-corrected chi connectivity index (χ1v) is 12.1. The quantitative estimate of drug-likeness (QED) is 0.208. The summed E-state index contributed by atoms with van der Waals surface area (Å²) in [5.74, 6) is 1.47. The molecule has 0 fully saturated rings. The lowest BCUT2D eigenvalue weighted by atomic mass is 10.1. The van der Waals surface area contributed by atoms with Gasteiger partial charge in [-0.1, -0.05) is 29.3 Å². The molecule has 3 aromatic rings. The van der Waals surface area contributed by atoms with E-state index in [1.165, 1.54) is 0 Å². The molecule has 1 heterocycles. The van der Waals surface area contributed by atoms with Crippen LogP contribution in [0.15, 0.2) is 46.0 Å². The van der Waals surface area contributed by atoms with E-state index in [2.05, 4.69) is 37.5 Å². The minimum atomic E-state index is 0.282. The predicted molar refractivity (Wildman–Crippen MR) is 142 cm³/mol. The van der Waals surface area contributed by atoms with Crippen molar-refractivity contribution in [3.8, 4) is 17.6 Å². The van der Waals surface area contributed by atoms with Crippen LogP contribution in [0.4, 0.5) is 5.82 Å². The number of nitrogens with zero attached hydrogens (tertiary/aromatic N) is 3. The Labute approximate surface area is 222 Å². The summed E-state index contributed by atoms with van der Waals surface area (Å²) in [4.78, 5) is 4.39. The number of methoxy groups -OCH3 is 1. The van der Waals surface area contributed by atoms with Crippen LogP contribution < -0.4 is 14.9 Å². The summed E-state index contributed by atoms with van der Waals surface area (Å²) in [6, 6.07) is 13.0. The fourth-order valence-electron chi connectivity index (χ4n) is 3.23. The van der Waals surface area contributed by atoms with E-state index in [0.29, 0.717) is 50.6 Å². The second-order valence-corrected chi connectivity index (χ2v) is 9.03. The molecule has 182 valence electrons. The molecule has 0 saturated heterocycles. The summed E-state index contributed by atoms with van der Waals surface area (Å²) in [7, 11) is 1.58. The molecule has 0 saturated carbocycles. The van der Waals surface area contributed by atoms with E-state index < -0.39 is 0 Å². The maximum absolute atomic E-state index is 9.57. The Morgan fingerprint density at radius 3 is 2.63 bits per heavy atom. The molecule has 0 aliphatic heterocycles. The Morgan fingerprint density at radius 1 is 1.14 bits per heavy atom. The molecule has 0 aliphatic carbocycles. The monoisotopic (exact) mass is 576 g/mol. The van der Waals surface area contributed by atoms with Crippen LogP contribution in [0.5, 0.6) is 11.5 Å². The van der Waals surface area contributed by atoms with Crippen LogP contribution in [-0.2, 0) is 18.0 Å². The largest absolute Gasteiger partial charge is 0.490 e. The summed E-state index contributed by atoms with van der Waals surface area (Å²) in [5, 5.41) is 14.8. The topological polar surface area (TPSA) is 88.8 Å². The molecular weight excluding hydrogens is 555 g/mol. The first-order valence-electron chi connectivity index (χ1n) is 10.6. The summed E-state index contributed by atoms with van der Waals surface area (Å²) in [6.07, 6.45) is 1.61. The molecule has 35 heavy (non-hydrogen) atoms. The van der Waals surface area contributed by atoms with Crippen molar-refractivity contribution in [1.29, 1.82) is 5.26 Å². The number of rotatable bonds is 10. The first-order chi connectivity index (χ1) is 16.9. The molecule has 1 N–H and O–H groups in total. The van der Waals surface area contributed by atoms with E-state index in [-0.39, 0.29) is 6.61 Å². The molecule has 0 amide bonds. The number of hydrazone groups is 1. The van der Waals surface area contributed by atoms with Gasteiger partial charge >= 0.3 is 0 Å². The Kier molecular flexibility index (Phi) is 9.75. The Morgan fingerprint density at radius 2 is 1.94 bits per heavy atom. The van der Waals surface area contributed by atoms with Gasteiger partial charge in [-0.2, -0.15) is 10.4 Å². The fraction of sp³-hybridized carbons (Fsp3) is 0.240. The van der Waals surface area contributed by atoms with Gasteiger partial charge in [0, 0.05) is 18.4 Å². The summed E-state index contributed by atoms with van der Waals surface area (Å²) in [5.41, 5.74) is 6.36. The number of aryl methyl sites for hydroxylation is 1. The average molecular weight is 578 g/mol. The zero-order chi connectivity index (χ0) is 25.4. The summed E-state index contributed by atoms with van der Waals surface area (Å²) in [6.45, 7) is 4.78. The lowest BCUT2D eigenvalue weighted by molar-refractivity contribution is 0.184. The van der Waals surface area contributed by atoms with Crippen molar-refractivity contribution in [3.05, 3.63) is 78.9 Å². The van der Waals surface area contributed by atoms with Crippen molar-refractivity contribution < 1.29 is 14.2 Å². The normalized spacial score (nSPS) is 10.9.